The van der Waals surface area contributed by atoms with E-state index in [1.54, 1.807) is 17.5 Å². The number of rotatable bonds is 2. The minimum absolute atomic E-state index is 0.941. The van der Waals surface area contributed by atoms with E-state index in [-0.39, 0.29) is 0 Å². The molecule has 0 amide bonds. The van der Waals surface area contributed by atoms with Crippen molar-refractivity contribution >= 4 is 16.5 Å². The van der Waals surface area contributed by atoms with Crippen LogP contribution in [-0.2, 0) is 0 Å². The predicted molar refractivity (Wildman–Crippen MR) is 59.6 cm³/mol. The maximum absolute atomic E-state index is 4.24. The van der Waals surface area contributed by atoms with Gasteiger partial charge in [0, 0.05) is 25.6 Å². The first-order valence-corrected chi connectivity index (χ1v) is 5.17. The summed E-state index contributed by atoms with van der Waals surface area (Å²) in [4.78, 5) is 9.48. The second-order valence-corrected chi connectivity index (χ2v) is 4.00. The third-order valence-corrected chi connectivity index (χ3v) is 3.05. The molecule has 4 heteroatoms. The van der Waals surface area contributed by atoms with Crippen molar-refractivity contribution in [3.63, 3.8) is 0 Å². The fourth-order valence-corrected chi connectivity index (χ4v) is 2.12. The van der Waals surface area contributed by atoms with Gasteiger partial charge in [-0.3, -0.25) is 4.98 Å². The number of nitrogens with zero attached hydrogens (tertiary/aromatic N) is 2. The van der Waals surface area contributed by atoms with Crippen molar-refractivity contribution in [3.05, 3.63) is 30.2 Å². The van der Waals surface area contributed by atoms with Crippen LogP contribution in [0, 0.1) is 6.92 Å². The van der Waals surface area contributed by atoms with Crippen LogP contribution in [0.5, 0.6) is 0 Å². The molecule has 0 saturated carbocycles. The Bertz CT molecular complexity index is 436. The Morgan fingerprint density at radius 2 is 2.21 bits per heavy atom. The number of nitrogens with one attached hydrogen (secondary N) is 1. The third kappa shape index (κ3) is 1.61. The van der Waals surface area contributed by atoms with Gasteiger partial charge in [-0.05, 0) is 24.1 Å². The number of aryl methyl sites for hydroxylation is 1. The van der Waals surface area contributed by atoms with Crippen molar-refractivity contribution in [1.29, 1.82) is 0 Å². The second kappa shape index (κ2) is 3.75. The van der Waals surface area contributed by atoms with Crippen molar-refractivity contribution in [1.82, 2.24) is 9.97 Å². The Morgan fingerprint density at radius 1 is 1.36 bits per heavy atom. The molecule has 0 aliphatic carbocycles. The molecule has 2 aromatic rings. The summed E-state index contributed by atoms with van der Waals surface area (Å²) in [7, 11) is 1.88. The summed E-state index contributed by atoms with van der Waals surface area (Å²) in [6, 6.07) is 2.02. The van der Waals surface area contributed by atoms with Crippen LogP contribution in [0.25, 0.3) is 10.4 Å². The SMILES string of the molecule is CNc1ncc(-c2ccncc2C)s1. The monoisotopic (exact) mass is 205 g/mol. The van der Waals surface area contributed by atoms with E-state index in [1.807, 2.05) is 25.5 Å². The molecular formula is C10H11N3S. The molecule has 0 saturated heterocycles. The smallest absolute Gasteiger partial charge is 0.182 e. The highest BCUT2D eigenvalue weighted by Gasteiger charge is 2.05. The summed E-state index contributed by atoms with van der Waals surface area (Å²) in [6.45, 7) is 2.06. The maximum Gasteiger partial charge on any atom is 0.182 e. The first-order chi connectivity index (χ1) is 6.81. The van der Waals surface area contributed by atoms with Gasteiger partial charge in [-0.25, -0.2) is 4.98 Å². The number of hydrogen-bond donors (Lipinski definition) is 1. The molecule has 0 bridgehead atoms. The summed E-state index contributed by atoms with van der Waals surface area (Å²) in [5.74, 6) is 0. The van der Waals surface area contributed by atoms with Crippen molar-refractivity contribution in [2.75, 3.05) is 12.4 Å². The largest absolute Gasteiger partial charge is 0.365 e. The lowest BCUT2D eigenvalue weighted by Crippen LogP contribution is -1.83. The molecule has 2 aromatic heterocycles. The number of aromatic nitrogens is 2. The molecule has 3 nitrogen and oxygen atoms in total. The molecule has 72 valence electrons. The van der Waals surface area contributed by atoms with Crippen LogP contribution in [-0.4, -0.2) is 17.0 Å². The summed E-state index contributed by atoms with van der Waals surface area (Å²) in [5.41, 5.74) is 2.39. The second-order valence-electron chi connectivity index (χ2n) is 2.97. The number of thiazole rings is 1. The summed E-state index contributed by atoms with van der Waals surface area (Å²) in [5, 5.41) is 3.97. The van der Waals surface area contributed by atoms with Gasteiger partial charge in [0.1, 0.15) is 0 Å². The molecule has 1 N–H and O–H groups in total. The van der Waals surface area contributed by atoms with E-state index in [1.165, 1.54) is 16.0 Å². The van der Waals surface area contributed by atoms with E-state index in [0.29, 0.717) is 0 Å². The zero-order valence-electron chi connectivity index (χ0n) is 8.11. The standard InChI is InChI=1S/C10H11N3S/c1-7-5-12-4-3-8(7)9-6-13-10(11-2)14-9/h3-6H,1-2H3,(H,11,13). The van der Waals surface area contributed by atoms with Crippen molar-refractivity contribution in [3.8, 4) is 10.4 Å². The van der Waals surface area contributed by atoms with Crippen molar-refractivity contribution in [2.45, 2.75) is 6.92 Å². The highest BCUT2D eigenvalue weighted by atomic mass is 32.1. The fourth-order valence-electron chi connectivity index (χ4n) is 1.26. The highest BCUT2D eigenvalue weighted by molar-refractivity contribution is 7.18. The molecular weight excluding hydrogens is 194 g/mol. The molecule has 0 unspecified atom stereocenters. The topological polar surface area (TPSA) is 37.8 Å². The molecule has 0 fully saturated rings. The van der Waals surface area contributed by atoms with Crippen molar-refractivity contribution < 1.29 is 0 Å². The number of anilines is 1. The minimum Gasteiger partial charge on any atom is -0.365 e. The van der Waals surface area contributed by atoms with Crippen LogP contribution < -0.4 is 5.32 Å². The first-order valence-electron chi connectivity index (χ1n) is 4.36. The van der Waals surface area contributed by atoms with Crippen LogP contribution in [0.4, 0.5) is 5.13 Å². The van der Waals surface area contributed by atoms with Gasteiger partial charge in [-0.2, -0.15) is 0 Å². The number of pyridine rings is 1. The van der Waals surface area contributed by atoms with E-state index in [9.17, 15) is 0 Å². The van der Waals surface area contributed by atoms with Crippen LogP contribution in [0.15, 0.2) is 24.7 Å². The quantitative estimate of drug-likeness (QED) is 0.818. The van der Waals surface area contributed by atoms with Crippen LogP contribution in [0.3, 0.4) is 0 Å². The Hall–Kier alpha value is -1.42. The van der Waals surface area contributed by atoms with E-state index >= 15 is 0 Å². The average Bonchev–Trinajstić information content (AvgIpc) is 2.67. The summed E-state index contributed by atoms with van der Waals surface area (Å²) < 4.78 is 0. The van der Waals surface area contributed by atoms with E-state index in [0.717, 1.165) is 5.13 Å². The lowest BCUT2D eigenvalue weighted by atomic mass is 10.1. The van der Waals surface area contributed by atoms with Gasteiger partial charge in [0.2, 0.25) is 0 Å². The first kappa shape index (κ1) is 9.15. The van der Waals surface area contributed by atoms with E-state index in [2.05, 4.69) is 22.2 Å². The lowest BCUT2D eigenvalue weighted by molar-refractivity contribution is 1.27. The van der Waals surface area contributed by atoms with Gasteiger partial charge in [-0.15, -0.1) is 0 Å². The molecule has 0 radical (unpaired) electrons. The Balaban J connectivity index is 2.44. The predicted octanol–water partition coefficient (Wildman–Crippen LogP) is 2.56. The molecule has 0 spiro atoms. The van der Waals surface area contributed by atoms with Crippen LogP contribution in [0.1, 0.15) is 5.56 Å². The normalized spacial score (nSPS) is 10.1. The van der Waals surface area contributed by atoms with E-state index < -0.39 is 0 Å². The van der Waals surface area contributed by atoms with Gasteiger partial charge < -0.3 is 5.32 Å². The summed E-state index contributed by atoms with van der Waals surface area (Å²) in [6.07, 6.45) is 5.56. The van der Waals surface area contributed by atoms with Crippen LogP contribution >= 0.6 is 11.3 Å². The van der Waals surface area contributed by atoms with Gasteiger partial charge in [-0.1, -0.05) is 11.3 Å². The summed E-state index contributed by atoms with van der Waals surface area (Å²) >= 11 is 1.65. The van der Waals surface area contributed by atoms with Crippen molar-refractivity contribution in [2.24, 2.45) is 0 Å². The van der Waals surface area contributed by atoms with Gasteiger partial charge in [0.05, 0.1) is 4.88 Å². The minimum atomic E-state index is 0.941. The highest BCUT2D eigenvalue weighted by Crippen LogP contribution is 2.30. The van der Waals surface area contributed by atoms with Gasteiger partial charge in [0.15, 0.2) is 5.13 Å². The molecule has 0 aromatic carbocycles. The maximum atomic E-state index is 4.24. The van der Waals surface area contributed by atoms with E-state index in [4.69, 9.17) is 0 Å². The molecule has 0 atom stereocenters. The molecule has 0 aliphatic heterocycles. The lowest BCUT2D eigenvalue weighted by Gasteiger charge is -1.99. The zero-order chi connectivity index (χ0) is 9.97. The molecule has 0 aliphatic rings. The zero-order valence-corrected chi connectivity index (χ0v) is 8.93. The Morgan fingerprint density at radius 3 is 2.86 bits per heavy atom. The van der Waals surface area contributed by atoms with Gasteiger partial charge >= 0.3 is 0 Å². The molecule has 14 heavy (non-hydrogen) atoms. The Kier molecular flexibility index (Phi) is 2.45. The molecule has 2 rings (SSSR count). The number of hydrogen-bond acceptors (Lipinski definition) is 4. The van der Waals surface area contributed by atoms with Gasteiger partial charge in [0.25, 0.3) is 0 Å². The Labute approximate surface area is 86.8 Å². The van der Waals surface area contributed by atoms with Crippen LogP contribution in [0.2, 0.25) is 0 Å². The average molecular weight is 205 g/mol. The third-order valence-electron chi connectivity index (χ3n) is 2.01. The molecule has 2 heterocycles. The fraction of sp³-hybridized carbons (Fsp3) is 0.200.